The van der Waals surface area contributed by atoms with Gasteiger partial charge >= 0.3 is 0 Å². The second-order valence-electron chi connectivity index (χ2n) is 4.37. The Hall–Kier alpha value is -0.720. The Morgan fingerprint density at radius 2 is 1.31 bits per heavy atom. The molecule has 0 rings (SSSR count). The van der Waals surface area contributed by atoms with Gasteiger partial charge in [-0.1, -0.05) is 70.4 Å². The highest BCUT2D eigenvalue weighted by Gasteiger charge is 1.90. The summed E-state index contributed by atoms with van der Waals surface area (Å²) in [4.78, 5) is 0. The molecule has 0 aliphatic carbocycles. The lowest BCUT2D eigenvalue weighted by Gasteiger charge is -2.00. The SMILES string of the molecule is CCCCCCCCCCCC=CC=C[O]. The number of hydrogen-bond acceptors (Lipinski definition) is 0. The Morgan fingerprint density at radius 3 is 1.88 bits per heavy atom. The van der Waals surface area contributed by atoms with Crippen molar-refractivity contribution in [2.45, 2.75) is 71.1 Å². The third-order valence-electron chi connectivity index (χ3n) is 2.80. The van der Waals surface area contributed by atoms with Gasteiger partial charge in [-0.15, -0.1) is 0 Å². The first-order valence-electron chi connectivity index (χ1n) is 6.85. The van der Waals surface area contributed by atoms with Gasteiger partial charge in [0.15, 0.2) is 0 Å². The van der Waals surface area contributed by atoms with Crippen LogP contribution in [0, 0.1) is 0 Å². The quantitative estimate of drug-likeness (QED) is 0.254. The van der Waals surface area contributed by atoms with Crippen molar-refractivity contribution >= 4 is 0 Å². The summed E-state index contributed by atoms with van der Waals surface area (Å²) in [6.45, 7) is 2.26. The fourth-order valence-corrected chi connectivity index (χ4v) is 1.79. The summed E-state index contributed by atoms with van der Waals surface area (Å²) >= 11 is 0. The van der Waals surface area contributed by atoms with Gasteiger partial charge in [-0.25, -0.2) is 0 Å². The lowest BCUT2D eigenvalue weighted by Crippen LogP contribution is -1.80. The van der Waals surface area contributed by atoms with Crippen molar-refractivity contribution in [3.63, 3.8) is 0 Å². The van der Waals surface area contributed by atoms with Gasteiger partial charge in [0, 0.05) is 0 Å². The molecule has 0 aromatic carbocycles. The molecule has 0 saturated carbocycles. The molecular weight excluding hydrogens is 196 g/mol. The molecular formula is C15H27O. The molecule has 0 amide bonds. The van der Waals surface area contributed by atoms with Crippen molar-refractivity contribution in [3.8, 4) is 0 Å². The molecule has 1 radical (unpaired) electrons. The monoisotopic (exact) mass is 223 g/mol. The molecule has 1 nitrogen and oxygen atoms in total. The van der Waals surface area contributed by atoms with Crippen LogP contribution in [0.25, 0.3) is 0 Å². The van der Waals surface area contributed by atoms with Crippen molar-refractivity contribution in [2.75, 3.05) is 0 Å². The highest BCUT2D eigenvalue weighted by atomic mass is 16.2. The summed E-state index contributed by atoms with van der Waals surface area (Å²) in [5.41, 5.74) is 0. The van der Waals surface area contributed by atoms with Crippen LogP contribution in [0.15, 0.2) is 24.5 Å². The lowest BCUT2D eigenvalue weighted by molar-refractivity contribution is 0.352. The Kier molecular flexibility index (Phi) is 13.6. The van der Waals surface area contributed by atoms with E-state index in [9.17, 15) is 5.11 Å². The molecule has 0 N–H and O–H groups in total. The topological polar surface area (TPSA) is 19.9 Å². The molecule has 0 fully saturated rings. The van der Waals surface area contributed by atoms with Crippen molar-refractivity contribution < 1.29 is 5.11 Å². The molecule has 0 aromatic rings. The summed E-state index contributed by atoms with van der Waals surface area (Å²) < 4.78 is 0. The normalized spacial score (nSPS) is 11.8. The summed E-state index contributed by atoms with van der Waals surface area (Å²) in [5, 5.41) is 9.98. The molecule has 93 valence electrons. The fraction of sp³-hybridized carbons (Fsp3) is 0.733. The molecule has 0 aliphatic rings. The number of unbranched alkanes of at least 4 members (excludes halogenated alkanes) is 9. The van der Waals surface area contributed by atoms with Crippen LogP contribution < -0.4 is 0 Å². The summed E-state index contributed by atoms with van der Waals surface area (Å²) in [6.07, 6.45) is 19.8. The molecule has 0 spiro atoms. The fourth-order valence-electron chi connectivity index (χ4n) is 1.79. The minimum absolute atomic E-state index is 0.826. The van der Waals surface area contributed by atoms with E-state index < -0.39 is 0 Å². The van der Waals surface area contributed by atoms with Gasteiger partial charge in [0.05, 0.1) is 0 Å². The van der Waals surface area contributed by atoms with E-state index in [2.05, 4.69) is 13.0 Å². The molecule has 0 heterocycles. The molecule has 0 saturated heterocycles. The number of hydrogen-bond donors (Lipinski definition) is 0. The van der Waals surface area contributed by atoms with E-state index in [-0.39, 0.29) is 0 Å². The van der Waals surface area contributed by atoms with E-state index in [1.807, 2.05) is 6.08 Å². The smallest absolute Gasteiger partial charge is 0.142 e. The van der Waals surface area contributed by atoms with E-state index in [0.717, 1.165) is 12.7 Å². The largest absolute Gasteiger partial charge is 0.299 e. The van der Waals surface area contributed by atoms with E-state index in [0.29, 0.717) is 0 Å². The number of rotatable bonds is 11. The molecule has 0 atom stereocenters. The molecule has 0 aromatic heterocycles. The summed E-state index contributed by atoms with van der Waals surface area (Å²) in [5.74, 6) is 0. The Morgan fingerprint density at radius 1 is 0.750 bits per heavy atom. The Balaban J connectivity index is 2.98. The zero-order valence-corrected chi connectivity index (χ0v) is 10.8. The summed E-state index contributed by atoms with van der Waals surface area (Å²) in [7, 11) is 0. The lowest BCUT2D eigenvalue weighted by atomic mass is 10.1. The van der Waals surface area contributed by atoms with Crippen LogP contribution in [0.1, 0.15) is 71.1 Å². The van der Waals surface area contributed by atoms with Crippen LogP contribution in [0.4, 0.5) is 0 Å². The number of allylic oxidation sites excluding steroid dienone is 3. The third-order valence-corrected chi connectivity index (χ3v) is 2.80. The first kappa shape index (κ1) is 15.3. The van der Waals surface area contributed by atoms with Crippen LogP contribution in [-0.4, -0.2) is 0 Å². The van der Waals surface area contributed by atoms with Gasteiger partial charge in [-0.2, -0.15) is 0 Å². The maximum Gasteiger partial charge on any atom is 0.142 e. The molecule has 0 bridgehead atoms. The Labute approximate surface area is 101 Å². The van der Waals surface area contributed by atoms with Crippen LogP contribution in [0.3, 0.4) is 0 Å². The van der Waals surface area contributed by atoms with E-state index in [4.69, 9.17) is 0 Å². The van der Waals surface area contributed by atoms with Crippen LogP contribution in [0.5, 0.6) is 0 Å². The highest BCUT2D eigenvalue weighted by molar-refractivity contribution is 4.98. The Bertz CT molecular complexity index is 170. The predicted octanol–water partition coefficient (Wildman–Crippen LogP) is 5.41. The van der Waals surface area contributed by atoms with Gasteiger partial charge in [0.25, 0.3) is 0 Å². The average Bonchev–Trinajstić information content (AvgIpc) is 2.31. The van der Waals surface area contributed by atoms with Crippen LogP contribution >= 0.6 is 0 Å². The third kappa shape index (κ3) is 13.3. The van der Waals surface area contributed by atoms with Gasteiger partial charge in [0.2, 0.25) is 0 Å². The van der Waals surface area contributed by atoms with Gasteiger partial charge in [0.1, 0.15) is 6.26 Å². The van der Waals surface area contributed by atoms with Crippen LogP contribution in [0.2, 0.25) is 0 Å². The standard InChI is InChI=1S/C15H27O/c1-2-3-4-5-6-7-8-9-10-11-12-13-14-15-16/h12-15H,2-11H2,1H3. The van der Waals surface area contributed by atoms with Crippen molar-refractivity contribution in [2.24, 2.45) is 0 Å². The second-order valence-corrected chi connectivity index (χ2v) is 4.37. The molecule has 0 aliphatic heterocycles. The van der Waals surface area contributed by atoms with Crippen molar-refractivity contribution in [1.82, 2.24) is 0 Å². The van der Waals surface area contributed by atoms with Gasteiger partial charge in [-0.05, 0) is 18.9 Å². The second kappa shape index (κ2) is 14.3. The van der Waals surface area contributed by atoms with Crippen molar-refractivity contribution in [3.05, 3.63) is 24.5 Å². The maximum atomic E-state index is 9.98. The predicted molar refractivity (Wildman–Crippen MR) is 70.8 cm³/mol. The van der Waals surface area contributed by atoms with E-state index in [1.165, 1.54) is 57.8 Å². The zero-order chi connectivity index (χ0) is 11.9. The minimum atomic E-state index is 0.826. The molecule has 0 unspecified atom stereocenters. The highest BCUT2D eigenvalue weighted by Crippen LogP contribution is 2.10. The van der Waals surface area contributed by atoms with E-state index >= 15 is 0 Å². The molecule has 1 heteroatoms. The first-order chi connectivity index (χ1) is 7.91. The summed E-state index contributed by atoms with van der Waals surface area (Å²) in [6, 6.07) is 0. The van der Waals surface area contributed by atoms with Crippen LogP contribution in [-0.2, 0) is 5.11 Å². The maximum absolute atomic E-state index is 9.98. The first-order valence-corrected chi connectivity index (χ1v) is 6.85. The minimum Gasteiger partial charge on any atom is -0.299 e. The molecule has 16 heavy (non-hydrogen) atoms. The van der Waals surface area contributed by atoms with Gasteiger partial charge in [-0.3, -0.25) is 5.11 Å². The van der Waals surface area contributed by atoms with Crippen molar-refractivity contribution in [1.29, 1.82) is 0 Å². The zero-order valence-electron chi connectivity index (χ0n) is 10.8. The van der Waals surface area contributed by atoms with Gasteiger partial charge < -0.3 is 0 Å². The average molecular weight is 223 g/mol. The van der Waals surface area contributed by atoms with E-state index in [1.54, 1.807) is 6.08 Å².